The molecule has 4 rings (SSSR count). The zero-order chi connectivity index (χ0) is 22.0. The number of hydrogen-bond acceptors (Lipinski definition) is 4. The van der Waals surface area contributed by atoms with Crippen molar-refractivity contribution in [3.05, 3.63) is 83.4 Å². The topological polar surface area (TPSA) is 54.9 Å². The molecule has 1 heterocycles. The van der Waals surface area contributed by atoms with Crippen molar-refractivity contribution in [3.8, 4) is 11.4 Å². The van der Waals surface area contributed by atoms with E-state index in [1.807, 2.05) is 81.4 Å². The number of fused-ring (bicyclic) bond motifs is 1. The molecule has 31 heavy (non-hydrogen) atoms. The van der Waals surface area contributed by atoms with Gasteiger partial charge in [-0.3, -0.25) is 4.79 Å². The Balaban J connectivity index is 1.68. The van der Waals surface area contributed by atoms with Gasteiger partial charge in [0.25, 0.3) is 0 Å². The number of carbonyl (C=O) groups excluding carboxylic acids is 1. The summed E-state index contributed by atoms with van der Waals surface area (Å²) in [5, 5.41) is 4.57. The van der Waals surface area contributed by atoms with Crippen molar-refractivity contribution in [1.29, 1.82) is 0 Å². The van der Waals surface area contributed by atoms with Crippen LogP contribution in [0, 0.1) is 20.8 Å². The minimum absolute atomic E-state index is 0.0388. The normalized spacial score (nSPS) is 12.0. The van der Waals surface area contributed by atoms with E-state index in [0.29, 0.717) is 5.82 Å². The summed E-state index contributed by atoms with van der Waals surface area (Å²) in [5.41, 5.74) is 5.96. The molecule has 1 unspecified atom stereocenters. The predicted octanol–water partition coefficient (Wildman–Crippen LogP) is 6.34. The van der Waals surface area contributed by atoms with Crippen LogP contribution in [-0.4, -0.2) is 21.1 Å². The minimum atomic E-state index is -0.318. The molecule has 4 nitrogen and oxygen atoms in total. The molecule has 0 saturated carbocycles. The van der Waals surface area contributed by atoms with Crippen molar-refractivity contribution in [1.82, 2.24) is 9.97 Å². The second-order valence-corrected chi connectivity index (χ2v) is 9.04. The SMILES string of the molecule is Cc1cccc(C)c1NC(=O)C(C)Sc1nc(-c2ccccc2)nc2c(C)cccc12. The maximum absolute atomic E-state index is 13.0. The van der Waals surface area contributed by atoms with Gasteiger partial charge in [-0.05, 0) is 44.4 Å². The monoisotopic (exact) mass is 427 g/mol. The molecule has 0 bridgehead atoms. The molecule has 1 atom stereocenters. The highest BCUT2D eigenvalue weighted by Gasteiger charge is 2.20. The molecule has 5 heteroatoms. The average Bonchev–Trinajstić information content (AvgIpc) is 2.77. The molecule has 0 aliphatic carbocycles. The Morgan fingerprint density at radius 2 is 1.48 bits per heavy atom. The van der Waals surface area contributed by atoms with Crippen molar-refractivity contribution in [2.75, 3.05) is 5.32 Å². The van der Waals surface area contributed by atoms with Crippen molar-refractivity contribution < 1.29 is 4.79 Å². The molecular weight excluding hydrogens is 402 g/mol. The molecule has 1 aromatic heterocycles. The Morgan fingerprint density at radius 3 is 2.19 bits per heavy atom. The van der Waals surface area contributed by atoms with E-state index in [-0.39, 0.29) is 11.2 Å². The van der Waals surface area contributed by atoms with Gasteiger partial charge in [0.1, 0.15) is 5.03 Å². The van der Waals surface area contributed by atoms with Crippen molar-refractivity contribution in [2.24, 2.45) is 0 Å². The number of amides is 1. The van der Waals surface area contributed by atoms with Gasteiger partial charge in [0.2, 0.25) is 5.91 Å². The Bertz CT molecular complexity index is 1230. The average molecular weight is 428 g/mol. The van der Waals surface area contributed by atoms with E-state index in [4.69, 9.17) is 9.97 Å². The number of aryl methyl sites for hydroxylation is 3. The van der Waals surface area contributed by atoms with Crippen LogP contribution in [0.1, 0.15) is 23.6 Å². The number of nitrogens with zero attached hydrogens (tertiary/aromatic N) is 2. The fourth-order valence-corrected chi connectivity index (χ4v) is 4.46. The minimum Gasteiger partial charge on any atom is -0.325 e. The van der Waals surface area contributed by atoms with E-state index in [1.54, 1.807) is 0 Å². The summed E-state index contributed by atoms with van der Waals surface area (Å²) < 4.78 is 0. The second kappa shape index (κ2) is 8.90. The first-order chi connectivity index (χ1) is 14.9. The van der Waals surface area contributed by atoms with Gasteiger partial charge in [-0.25, -0.2) is 9.97 Å². The van der Waals surface area contributed by atoms with Crippen LogP contribution < -0.4 is 5.32 Å². The summed E-state index contributed by atoms with van der Waals surface area (Å²) in [5.74, 6) is 0.635. The number of aromatic nitrogens is 2. The maximum atomic E-state index is 13.0. The first kappa shape index (κ1) is 21.1. The smallest absolute Gasteiger partial charge is 0.237 e. The van der Waals surface area contributed by atoms with E-state index < -0.39 is 0 Å². The number of anilines is 1. The first-order valence-corrected chi connectivity index (χ1v) is 11.2. The number of thioether (sulfide) groups is 1. The highest BCUT2D eigenvalue weighted by Crippen LogP contribution is 2.33. The van der Waals surface area contributed by atoms with Crippen LogP contribution in [-0.2, 0) is 4.79 Å². The maximum Gasteiger partial charge on any atom is 0.237 e. The molecule has 0 fully saturated rings. The third kappa shape index (κ3) is 4.47. The molecule has 0 spiro atoms. The van der Waals surface area contributed by atoms with Crippen molar-refractivity contribution in [2.45, 2.75) is 38.0 Å². The molecule has 1 amide bonds. The van der Waals surface area contributed by atoms with Crippen LogP contribution in [0.5, 0.6) is 0 Å². The quantitative estimate of drug-likeness (QED) is 0.298. The van der Waals surface area contributed by atoms with Crippen LogP contribution >= 0.6 is 11.8 Å². The Morgan fingerprint density at radius 1 is 0.839 bits per heavy atom. The highest BCUT2D eigenvalue weighted by atomic mass is 32.2. The standard InChI is InChI=1S/C26H25N3OS/c1-16-10-8-11-17(2)22(16)28-25(30)19(4)31-26-21-15-9-12-18(3)23(21)27-24(29-26)20-13-6-5-7-14-20/h5-15,19H,1-4H3,(H,28,30). The van der Waals surface area contributed by atoms with Gasteiger partial charge < -0.3 is 5.32 Å². The lowest BCUT2D eigenvalue weighted by Gasteiger charge is -2.16. The third-order valence-corrected chi connectivity index (χ3v) is 6.41. The predicted molar refractivity (Wildman–Crippen MR) is 130 cm³/mol. The second-order valence-electron chi connectivity index (χ2n) is 7.71. The molecule has 0 saturated heterocycles. The molecule has 0 radical (unpaired) electrons. The summed E-state index contributed by atoms with van der Waals surface area (Å²) in [4.78, 5) is 22.7. The van der Waals surface area contributed by atoms with E-state index in [2.05, 4.69) is 18.3 Å². The fourth-order valence-electron chi connectivity index (χ4n) is 3.53. The van der Waals surface area contributed by atoms with E-state index in [0.717, 1.165) is 43.9 Å². The lowest BCUT2D eigenvalue weighted by Crippen LogP contribution is -2.23. The number of hydrogen-bond donors (Lipinski definition) is 1. The highest BCUT2D eigenvalue weighted by molar-refractivity contribution is 8.00. The zero-order valence-electron chi connectivity index (χ0n) is 18.1. The summed E-state index contributed by atoms with van der Waals surface area (Å²) in [6.07, 6.45) is 0. The third-order valence-electron chi connectivity index (χ3n) is 5.31. The van der Waals surface area contributed by atoms with E-state index >= 15 is 0 Å². The van der Waals surface area contributed by atoms with E-state index in [1.165, 1.54) is 11.8 Å². The molecule has 156 valence electrons. The van der Waals surface area contributed by atoms with Gasteiger partial charge in [0.15, 0.2) is 5.82 Å². The molecule has 0 aliphatic heterocycles. The fraction of sp³-hybridized carbons (Fsp3) is 0.192. The first-order valence-electron chi connectivity index (χ1n) is 10.3. The summed E-state index contributed by atoms with van der Waals surface area (Å²) in [6, 6.07) is 22.0. The van der Waals surface area contributed by atoms with Crippen LogP contribution in [0.2, 0.25) is 0 Å². The van der Waals surface area contributed by atoms with Gasteiger partial charge >= 0.3 is 0 Å². The Labute approximate surface area is 187 Å². The molecule has 0 aliphatic rings. The summed E-state index contributed by atoms with van der Waals surface area (Å²) in [7, 11) is 0. The number of para-hydroxylation sites is 2. The number of benzene rings is 3. The van der Waals surface area contributed by atoms with Crippen LogP contribution in [0.15, 0.2) is 71.8 Å². The number of carbonyl (C=O) groups is 1. The molecule has 1 N–H and O–H groups in total. The summed E-state index contributed by atoms with van der Waals surface area (Å²) >= 11 is 1.47. The van der Waals surface area contributed by atoms with Gasteiger partial charge in [-0.1, -0.05) is 78.5 Å². The lowest BCUT2D eigenvalue weighted by atomic mass is 10.1. The van der Waals surface area contributed by atoms with Crippen molar-refractivity contribution >= 4 is 34.3 Å². The van der Waals surface area contributed by atoms with Gasteiger partial charge in [-0.2, -0.15) is 0 Å². The molecular formula is C26H25N3OS. The van der Waals surface area contributed by atoms with Crippen LogP contribution in [0.3, 0.4) is 0 Å². The zero-order valence-corrected chi connectivity index (χ0v) is 19.0. The van der Waals surface area contributed by atoms with Crippen LogP contribution in [0.25, 0.3) is 22.3 Å². The number of rotatable bonds is 5. The number of nitrogens with one attached hydrogen (secondary N) is 1. The van der Waals surface area contributed by atoms with Gasteiger partial charge in [0.05, 0.1) is 10.8 Å². The molecule has 4 aromatic rings. The largest absolute Gasteiger partial charge is 0.325 e. The van der Waals surface area contributed by atoms with Crippen molar-refractivity contribution in [3.63, 3.8) is 0 Å². The molecule has 3 aromatic carbocycles. The van der Waals surface area contributed by atoms with Gasteiger partial charge in [-0.15, -0.1) is 0 Å². The Kier molecular flexibility index (Phi) is 6.05. The van der Waals surface area contributed by atoms with Gasteiger partial charge in [0, 0.05) is 16.6 Å². The summed E-state index contributed by atoms with van der Waals surface area (Å²) in [6.45, 7) is 7.98. The van der Waals surface area contributed by atoms with E-state index in [9.17, 15) is 4.79 Å². The Hall–Kier alpha value is -3.18. The lowest BCUT2D eigenvalue weighted by molar-refractivity contribution is -0.115. The van der Waals surface area contributed by atoms with Crippen LogP contribution in [0.4, 0.5) is 5.69 Å².